The summed E-state index contributed by atoms with van der Waals surface area (Å²) >= 11 is 0. The number of rotatable bonds is 8. The fraction of sp³-hybridized carbons (Fsp3) is 0.323. The van der Waals surface area contributed by atoms with Crippen LogP contribution in [0.3, 0.4) is 0 Å². The summed E-state index contributed by atoms with van der Waals surface area (Å²) in [5.74, 6) is 0.614. The van der Waals surface area contributed by atoms with Crippen molar-refractivity contribution in [2.75, 3.05) is 5.32 Å². The van der Waals surface area contributed by atoms with Gasteiger partial charge in [0.25, 0.3) is 0 Å². The van der Waals surface area contributed by atoms with E-state index >= 15 is 0 Å². The molecule has 0 aliphatic rings. The molecule has 6 nitrogen and oxygen atoms in total. The first kappa shape index (κ1) is 26.1. The zero-order valence-electron chi connectivity index (χ0n) is 22.3. The van der Waals surface area contributed by atoms with Crippen LogP contribution < -0.4 is 5.32 Å². The molecule has 0 saturated heterocycles. The van der Waals surface area contributed by atoms with E-state index in [4.69, 9.17) is 9.72 Å². The average Bonchev–Trinajstić information content (AvgIpc) is 3.18. The van der Waals surface area contributed by atoms with Crippen molar-refractivity contribution < 1.29 is 14.3 Å². The molecule has 0 aliphatic carbocycles. The summed E-state index contributed by atoms with van der Waals surface area (Å²) in [5.41, 5.74) is 5.60. The second kappa shape index (κ2) is 11.0. The second-order valence-corrected chi connectivity index (χ2v) is 10.3. The van der Waals surface area contributed by atoms with Crippen LogP contribution in [0.4, 0.5) is 5.69 Å². The van der Waals surface area contributed by atoms with Gasteiger partial charge in [-0.15, -0.1) is 0 Å². The van der Waals surface area contributed by atoms with Gasteiger partial charge in [0.2, 0.25) is 5.91 Å². The Morgan fingerprint density at radius 1 is 1.00 bits per heavy atom. The van der Waals surface area contributed by atoms with Crippen LogP contribution in [0.25, 0.3) is 22.2 Å². The van der Waals surface area contributed by atoms with Crippen molar-refractivity contribution in [1.82, 2.24) is 9.55 Å². The molecule has 6 heteroatoms. The largest absolute Gasteiger partial charge is 0.456 e. The van der Waals surface area contributed by atoms with E-state index in [-0.39, 0.29) is 11.9 Å². The molecule has 3 aromatic carbocycles. The minimum atomic E-state index is -0.559. The molecule has 1 aromatic heterocycles. The van der Waals surface area contributed by atoms with Gasteiger partial charge in [-0.1, -0.05) is 55.8 Å². The number of nitrogens with zero attached hydrogens (tertiary/aromatic N) is 2. The normalized spacial score (nSPS) is 11.5. The number of carbonyl (C=O) groups is 2. The van der Waals surface area contributed by atoms with Gasteiger partial charge in [0.05, 0.1) is 16.6 Å². The van der Waals surface area contributed by atoms with Crippen LogP contribution in [0, 0.1) is 0 Å². The third-order valence-electron chi connectivity index (χ3n) is 6.05. The van der Waals surface area contributed by atoms with Crippen LogP contribution in [-0.2, 0) is 22.5 Å². The van der Waals surface area contributed by atoms with Gasteiger partial charge in [-0.05, 0) is 68.1 Å². The third-order valence-corrected chi connectivity index (χ3v) is 6.05. The topological polar surface area (TPSA) is 73.2 Å². The van der Waals surface area contributed by atoms with E-state index in [9.17, 15) is 9.59 Å². The summed E-state index contributed by atoms with van der Waals surface area (Å²) in [6, 6.07) is 21.7. The van der Waals surface area contributed by atoms with Gasteiger partial charge >= 0.3 is 5.97 Å². The molecule has 0 unspecified atom stereocenters. The van der Waals surface area contributed by atoms with E-state index in [0.717, 1.165) is 58.5 Å². The number of amides is 1. The molecular weight excluding hydrogens is 462 g/mol. The molecule has 1 amide bonds. The van der Waals surface area contributed by atoms with Crippen molar-refractivity contribution in [3.05, 3.63) is 83.7 Å². The summed E-state index contributed by atoms with van der Waals surface area (Å²) in [4.78, 5) is 29.3. The number of ether oxygens (including phenoxy) is 1. The fourth-order valence-corrected chi connectivity index (χ4v) is 4.37. The van der Waals surface area contributed by atoms with E-state index in [2.05, 4.69) is 28.9 Å². The van der Waals surface area contributed by atoms with E-state index < -0.39 is 5.60 Å². The Balaban J connectivity index is 1.65. The summed E-state index contributed by atoms with van der Waals surface area (Å²) in [7, 11) is 0. The number of imidazole rings is 1. The highest BCUT2D eigenvalue weighted by Gasteiger charge is 2.20. The molecule has 0 saturated carbocycles. The van der Waals surface area contributed by atoms with Crippen molar-refractivity contribution in [2.45, 2.75) is 66.0 Å². The Kier molecular flexibility index (Phi) is 7.77. The van der Waals surface area contributed by atoms with Crippen LogP contribution in [0.15, 0.2) is 66.7 Å². The Bertz CT molecular complexity index is 1410. The number of aromatic nitrogens is 2. The maximum atomic E-state index is 12.8. The first-order valence-electron chi connectivity index (χ1n) is 12.8. The SMILES string of the molecule is CCCCc1nc2ccc(NC(C)=O)cc2n1Cc1ccc(-c2ccccc2C(=O)OC(C)(C)C)cc1. The zero-order valence-corrected chi connectivity index (χ0v) is 22.3. The number of hydrogen-bond donors (Lipinski definition) is 1. The molecule has 1 N–H and O–H groups in total. The molecule has 4 aromatic rings. The molecule has 192 valence electrons. The first-order chi connectivity index (χ1) is 17.6. The molecule has 0 bridgehead atoms. The standard InChI is InChI=1S/C31H35N3O3/c1-6-7-12-29-33-27-18-17-24(32-21(2)35)19-28(27)34(29)20-22-13-15-23(16-14-22)25-10-8-9-11-26(25)30(36)37-31(3,4)5/h8-11,13-19H,6-7,12,20H2,1-5H3,(H,32,35). The molecular formula is C31H35N3O3. The Morgan fingerprint density at radius 2 is 1.73 bits per heavy atom. The van der Waals surface area contributed by atoms with Crippen molar-refractivity contribution in [1.29, 1.82) is 0 Å². The summed E-state index contributed by atoms with van der Waals surface area (Å²) in [6.07, 6.45) is 3.04. The van der Waals surface area contributed by atoms with Crippen molar-refractivity contribution in [3.63, 3.8) is 0 Å². The van der Waals surface area contributed by atoms with Gasteiger partial charge < -0.3 is 14.6 Å². The van der Waals surface area contributed by atoms with Crippen LogP contribution in [0.2, 0.25) is 0 Å². The first-order valence-corrected chi connectivity index (χ1v) is 12.8. The monoisotopic (exact) mass is 497 g/mol. The Hall–Kier alpha value is -3.93. The maximum absolute atomic E-state index is 12.8. The van der Waals surface area contributed by atoms with E-state index in [1.54, 1.807) is 0 Å². The van der Waals surface area contributed by atoms with Crippen molar-refractivity contribution in [3.8, 4) is 11.1 Å². The Morgan fingerprint density at radius 3 is 2.41 bits per heavy atom. The molecule has 4 rings (SSSR count). The van der Waals surface area contributed by atoms with Crippen LogP contribution in [0.5, 0.6) is 0 Å². The molecule has 0 fully saturated rings. The predicted molar refractivity (Wildman–Crippen MR) is 149 cm³/mol. The molecule has 37 heavy (non-hydrogen) atoms. The number of carbonyl (C=O) groups excluding carboxylic acids is 2. The van der Waals surface area contributed by atoms with Gasteiger partial charge in [0.1, 0.15) is 11.4 Å². The minimum absolute atomic E-state index is 0.0983. The lowest BCUT2D eigenvalue weighted by molar-refractivity contribution is -0.114. The maximum Gasteiger partial charge on any atom is 0.339 e. The number of aryl methyl sites for hydroxylation is 1. The zero-order chi connectivity index (χ0) is 26.6. The van der Waals surface area contributed by atoms with Crippen molar-refractivity contribution in [2.24, 2.45) is 0 Å². The van der Waals surface area contributed by atoms with Gasteiger partial charge in [0, 0.05) is 25.6 Å². The lowest BCUT2D eigenvalue weighted by Crippen LogP contribution is -2.24. The Labute approximate surface area is 218 Å². The number of anilines is 1. The number of fused-ring (bicyclic) bond motifs is 1. The second-order valence-electron chi connectivity index (χ2n) is 10.3. The summed E-state index contributed by atoms with van der Waals surface area (Å²) in [5, 5.41) is 2.88. The fourth-order valence-electron chi connectivity index (χ4n) is 4.37. The van der Waals surface area contributed by atoms with Crippen LogP contribution in [-0.4, -0.2) is 27.0 Å². The van der Waals surface area contributed by atoms with Gasteiger partial charge in [0.15, 0.2) is 0 Å². The summed E-state index contributed by atoms with van der Waals surface area (Å²) in [6.45, 7) is 9.96. The number of hydrogen-bond acceptors (Lipinski definition) is 4. The van der Waals surface area contributed by atoms with Crippen LogP contribution >= 0.6 is 0 Å². The lowest BCUT2D eigenvalue weighted by atomic mass is 9.98. The van der Waals surface area contributed by atoms with Crippen LogP contribution in [0.1, 0.15) is 69.2 Å². The molecule has 1 heterocycles. The number of benzene rings is 3. The van der Waals surface area contributed by atoms with Crippen molar-refractivity contribution >= 4 is 28.6 Å². The summed E-state index contributed by atoms with van der Waals surface area (Å²) < 4.78 is 7.86. The van der Waals surface area contributed by atoms with E-state index in [1.807, 2.05) is 75.4 Å². The minimum Gasteiger partial charge on any atom is -0.456 e. The molecule has 0 aliphatic heterocycles. The number of nitrogens with one attached hydrogen (secondary N) is 1. The lowest BCUT2D eigenvalue weighted by Gasteiger charge is -2.20. The third kappa shape index (κ3) is 6.45. The molecule has 0 radical (unpaired) electrons. The average molecular weight is 498 g/mol. The quantitative estimate of drug-likeness (QED) is 0.266. The molecule has 0 atom stereocenters. The van der Waals surface area contributed by atoms with Gasteiger partial charge in [-0.25, -0.2) is 9.78 Å². The highest BCUT2D eigenvalue weighted by atomic mass is 16.6. The predicted octanol–water partition coefficient (Wildman–Crippen LogP) is 7.01. The highest BCUT2D eigenvalue weighted by molar-refractivity contribution is 5.97. The number of unbranched alkanes of at least 4 members (excludes halogenated alkanes) is 1. The van der Waals surface area contributed by atoms with E-state index in [1.165, 1.54) is 6.92 Å². The van der Waals surface area contributed by atoms with Gasteiger partial charge in [-0.2, -0.15) is 0 Å². The smallest absolute Gasteiger partial charge is 0.339 e. The van der Waals surface area contributed by atoms with Gasteiger partial charge in [-0.3, -0.25) is 4.79 Å². The highest BCUT2D eigenvalue weighted by Crippen LogP contribution is 2.28. The van der Waals surface area contributed by atoms with E-state index in [0.29, 0.717) is 12.1 Å². The number of esters is 1. The molecule has 0 spiro atoms.